The van der Waals surface area contributed by atoms with Crippen LogP contribution in [0.4, 0.5) is 0 Å². The number of carbonyl (C=O) groups is 3. The molecule has 0 amide bonds. The van der Waals surface area contributed by atoms with Gasteiger partial charge in [-0.2, -0.15) is 0 Å². The molecule has 0 saturated carbocycles. The van der Waals surface area contributed by atoms with Crippen LogP contribution in [0.25, 0.3) is 0 Å². The van der Waals surface area contributed by atoms with Crippen molar-refractivity contribution in [3.63, 3.8) is 0 Å². The van der Waals surface area contributed by atoms with Gasteiger partial charge in [0.15, 0.2) is 0 Å². The fourth-order valence-corrected chi connectivity index (χ4v) is 0.420. The SMILES string of the molecule is CC(=O)OC(=O)CCC(=O)O.[NaH].[NaH]. The average molecular weight is 208 g/mol. The van der Waals surface area contributed by atoms with Gasteiger partial charge in [0.05, 0.1) is 12.8 Å². The van der Waals surface area contributed by atoms with Crippen molar-refractivity contribution >= 4 is 77.0 Å². The van der Waals surface area contributed by atoms with Gasteiger partial charge in [-0.25, -0.2) is 0 Å². The van der Waals surface area contributed by atoms with E-state index in [1.165, 1.54) is 0 Å². The fourth-order valence-electron chi connectivity index (χ4n) is 0.420. The summed E-state index contributed by atoms with van der Waals surface area (Å²) in [6.45, 7) is 1.08. The van der Waals surface area contributed by atoms with Gasteiger partial charge in [0.1, 0.15) is 0 Å². The van der Waals surface area contributed by atoms with Gasteiger partial charge >= 0.3 is 77.0 Å². The van der Waals surface area contributed by atoms with Crippen molar-refractivity contribution in [2.75, 3.05) is 0 Å². The van der Waals surface area contributed by atoms with E-state index in [-0.39, 0.29) is 72.0 Å². The number of carboxylic acids is 1. The predicted molar refractivity (Wildman–Crippen MR) is 47.9 cm³/mol. The molecule has 0 radical (unpaired) electrons. The van der Waals surface area contributed by atoms with Crippen molar-refractivity contribution in [3.05, 3.63) is 0 Å². The predicted octanol–water partition coefficient (Wildman–Crippen LogP) is -1.36. The van der Waals surface area contributed by atoms with Gasteiger partial charge in [-0.3, -0.25) is 14.4 Å². The molecule has 0 bridgehead atoms. The van der Waals surface area contributed by atoms with Crippen molar-refractivity contribution in [3.8, 4) is 0 Å². The maximum absolute atomic E-state index is 10.5. The summed E-state index contributed by atoms with van der Waals surface area (Å²) < 4.78 is 4.06. The van der Waals surface area contributed by atoms with Crippen LogP contribution in [0, 0.1) is 0 Å². The first-order chi connectivity index (χ1) is 5.02. The van der Waals surface area contributed by atoms with E-state index in [2.05, 4.69) is 4.74 Å². The Kier molecular flexibility index (Phi) is 15.8. The third-order valence-corrected chi connectivity index (χ3v) is 0.801. The molecule has 5 nitrogen and oxygen atoms in total. The second-order valence-corrected chi connectivity index (χ2v) is 1.86. The zero-order valence-corrected chi connectivity index (χ0v) is 5.99. The molecule has 0 aromatic rings. The number of hydrogen-bond donors (Lipinski definition) is 1. The van der Waals surface area contributed by atoms with Crippen molar-refractivity contribution in [1.29, 1.82) is 0 Å². The Morgan fingerprint density at radius 3 is 1.92 bits per heavy atom. The van der Waals surface area contributed by atoms with Crippen LogP contribution >= 0.6 is 0 Å². The van der Waals surface area contributed by atoms with Crippen LogP contribution < -0.4 is 0 Å². The van der Waals surface area contributed by atoms with Gasteiger partial charge in [0.2, 0.25) is 0 Å². The first-order valence-corrected chi connectivity index (χ1v) is 2.95. The number of carbonyl (C=O) groups excluding carboxylic acids is 2. The summed E-state index contributed by atoms with van der Waals surface area (Å²) >= 11 is 0. The van der Waals surface area contributed by atoms with E-state index < -0.39 is 17.9 Å². The van der Waals surface area contributed by atoms with Gasteiger partial charge in [0, 0.05) is 6.92 Å². The molecule has 7 heteroatoms. The normalized spacial score (nSPS) is 7.46. The molecule has 0 atom stereocenters. The van der Waals surface area contributed by atoms with E-state index in [0.29, 0.717) is 0 Å². The molecule has 0 heterocycles. The van der Waals surface area contributed by atoms with Crippen LogP contribution in [0.3, 0.4) is 0 Å². The minimum absolute atomic E-state index is 0. The third-order valence-electron chi connectivity index (χ3n) is 0.801. The molecule has 0 aromatic heterocycles. The first-order valence-electron chi connectivity index (χ1n) is 2.95. The molecule has 0 fully saturated rings. The van der Waals surface area contributed by atoms with Gasteiger partial charge < -0.3 is 9.84 Å². The number of rotatable bonds is 3. The number of aliphatic carboxylic acids is 1. The van der Waals surface area contributed by atoms with E-state index in [0.717, 1.165) is 6.92 Å². The summed E-state index contributed by atoms with van der Waals surface area (Å²) in [6.07, 6.45) is -0.582. The molecule has 13 heavy (non-hydrogen) atoms. The second kappa shape index (κ2) is 10.7. The van der Waals surface area contributed by atoms with Crippen LogP contribution in [0.1, 0.15) is 19.8 Å². The third kappa shape index (κ3) is 15.4. The molecule has 1 N–H and O–H groups in total. The Labute approximate surface area is 120 Å². The van der Waals surface area contributed by atoms with E-state index in [1.807, 2.05) is 0 Å². The first kappa shape index (κ1) is 19.2. The average Bonchev–Trinajstić information content (AvgIpc) is 1.82. The van der Waals surface area contributed by atoms with Gasteiger partial charge in [-0.1, -0.05) is 0 Å². The summed E-state index contributed by atoms with van der Waals surface area (Å²) in [5.41, 5.74) is 0. The Morgan fingerprint density at radius 2 is 1.62 bits per heavy atom. The Balaban J connectivity index is -0.000000500. The van der Waals surface area contributed by atoms with E-state index in [1.54, 1.807) is 0 Å². The minimum atomic E-state index is -1.09. The molecule has 66 valence electrons. The van der Waals surface area contributed by atoms with Crippen LogP contribution in [0.2, 0.25) is 0 Å². The fraction of sp³-hybridized carbons (Fsp3) is 0.500. The topological polar surface area (TPSA) is 80.7 Å². The molecule has 0 aliphatic heterocycles. The number of ether oxygens (including phenoxy) is 1. The van der Waals surface area contributed by atoms with Crippen molar-refractivity contribution in [2.45, 2.75) is 19.8 Å². The summed E-state index contributed by atoms with van der Waals surface area (Å²) in [7, 11) is 0. The van der Waals surface area contributed by atoms with Crippen molar-refractivity contribution < 1.29 is 24.2 Å². The molecule has 0 saturated heterocycles. The van der Waals surface area contributed by atoms with E-state index in [4.69, 9.17) is 5.11 Å². The van der Waals surface area contributed by atoms with Gasteiger partial charge in [-0.15, -0.1) is 0 Å². The molecule has 0 aliphatic carbocycles. The van der Waals surface area contributed by atoms with Gasteiger partial charge in [0.25, 0.3) is 0 Å². The summed E-state index contributed by atoms with van der Waals surface area (Å²) in [5, 5.41) is 8.10. The molecule has 0 unspecified atom stereocenters. The molecule has 0 aliphatic rings. The van der Waals surface area contributed by atoms with Crippen molar-refractivity contribution in [2.24, 2.45) is 0 Å². The molecular formula is C6H10Na2O5. The number of hydrogen-bond acceptors (Lipinski definition) is 4. The van der Waals surface area contributed by atoms with Crippen LogP contribution in [-0.2, 0) is 19.1 Å². The summed E-state index contributed by atoms with van der Waals surface area (Å²) in [6, 6.07) is 0. The zero-order chi connectivity index (χ0) is 8.85. The second-order valence-electron chi connectivity index (χ2n) is 1.86. The van der Waals surface area contributed by atoms with Crippen LogP contribution in [-0.4, -0.2) is 82.1 Å². The molecule has 0 rings (SSSR count). The summed E-state index contributed by atoms with van der Waals surface area (Å²) in [5.74, 6) is -2.62. The van der Waals surface area contributed by atoms with Gasteiger partial charge in [-0.05, 0) is 0 Å². The maximum atomic E-state index is 10.5. The van der Waals surface area contributed by atoms with Crippen LogP contribution in [0.5, 0.6) is 0 Å². The summed E-state index contributed by atoms with van der Waals surface area (Å²) in [4.78, 5) is 30.5. The quantitative estimate of drug-likeness (QED) is 0.352. The van der Waals surface area contributed by atoms with E-state index in [9.17, 15) is 14.4 Å². The Hall–Kier alpha value is 0.610. The monoisotopic (exact) mass is 208 g/mol. The van der Waals surface area contributed by atoms with Crippen LogP contribution in [0.15, 0.2) is 0 Å². The number of carboxylic acid groups (broad SMARTS) is 1. The van der Waals surface area contributed by atoms with Crippen molar-refractivity contribution in [1.82, 2.24) is 0 Å². The molecule has 0 spiro atoms. The van der Waals surface area contributed by atoms with E-state index >= 15 is 0 Å². The Morgan fingerprint density at radius 1 is 1.15 bits per heavy atom. The Bertz CT molecular complexity index is 191. The number of esters is 2. The molecular weight excluding hydrogens is 198 g/mol. The molecule has 0 aromatic carbocycles. The standard InChI is InChI=1S/C6H8O5.2Na.2H/c1-4(7)11-6(10)3-2-5(8)9;;;;/h2-3H2,1H3,(H,8,9);;;;. The zero-order valence-electron chi connectivity index (χ0n) is 5.99.